The highest BCUT2D eigenvalue weighted by Crippen LogP contribution is 2.14. The molecule has 0 aliphatic rings. The highest BCUT2D eigenvalue weighted by molar-refractivity contribution is 5.83. The van der Waals surface area contributed by atoms with Crippen LogP contribution in [0.3, 0.4) is 0 Å². The molecule has 0 spiro atoms. The van der Waals surface area contributed by atoms with E-state index in [9.17, 15) is 18.0 Å². The number of ether oxygens (including phenoxy) is 1. The van der Waals surface area contributed by atoms with Crippen LogP contribution in [-0.2, 0) is 4.74 Å². The zero-order valence-corrected chi connectivity index (χ0v) is 7.28. The largest absolute Gasteiger partial charge is 0.440 e. The van der Waals surface area contributed by atoms with Gasteiger partial charge in [-0.05, 0) is 6.07 Å². The SMILES string of the molecule is O=C(Nc1ccncn1)OCC(F)(F)F. The molecule has 0 aliphatic carbocycles. The van der Waals surface area contributed by atoms with Crippen molar-refractivity contribution in [3.8, 4) is 0 Å². The number of carbonyl (C=O) groups excluding carboxylic acids is 1. The topological polar surface area (TPSA) is 64.1 Å². The fourth-order valence-electron chi connectivity index (χ4n) is 0.653. The number of hydrogen-bond acceptors (Lipinski definition) is 4. The first-order valence-electron chi connectivity index (χ1n) is 3.74. The molecule has 0 saturated heterocycles. The Bertz CT molecular complexity index is 328. The molecule has 0 unspecified atom stereocenters. The summed E-state index contributed by atoms with van der Waals surface area (Å²) in [7, 11) is 0. The number of hydrogen-bond donors (Lipinski definition) is 1. The van der Waals surface area contributed by atoms with E-state index in [0.29, 0.717) is 0 Å². The van der Waals surface area contributed by atoms with Crippen molar-refractivity contribution in [3.05, 3.63) is 18.6 Å². The van der Waals surface area contributed by atoms with Gasteiger partial charge in [0.1, 0.15) is 12.1 Å². The van der Waals surface area contributed by atoms with Gasteiger partial charge in [-0.25, -0.2) is 14.8 Å². The molecule has 1 heterocycles. The minimum absolute atomic E-state index is 0.0668. The molecule has 0 aromatic carbocycles. The van der Waals surface area contributed by atoms with Crippen LogP contribution in [0.1, 0.15) is 0 Å². The first-order valence-corrected chi connectivity index (χ1v) is 3.74. The van der Waals surface area contributed by atoms with Crippen molar-refractivity contribution in [2.24, 2.45) is 0 Å². The van der Waals surface area contributed by atoms with Gasteiger partial charge in [0, 0.05) is 6.20 Å². The van der Waals surface area contributed by atoms with Crippen LogP contribution in [-0.4, -0.2) is 28.8 Å². The maximum absolute atomic E-state index is 11.6. The number of anilines is 1. The Morgan fingerprint density at radius 3 is 2.80 bits per heavy atom. The summed E-state index contributed by atoms with van der Waals surface area (Å²) < 4.78 is 38.7. The molecule has 1 rings (SSSR count). The highest BCUT2D eigenvalue weighted by Gasteiger charge is 2.29. The third-order valence-electron chi connectivity index (χ3n) is 1.18. The second-order valence-electron chi connectivity index (χ2n) is 2.41. The van der Waals surface area contributed by atoms with Crippen LogP contribution in [0.15, 0.2) is 18.6 Å². The first kappa shape index (κ1) is 11.2. The van der Waals surface area contributed by atoms with E-state index in [2.05, 4.69) is 14.7 Å². The van der Waals surface area contributed by atoms with Crippen LogP contribution >= 0.6 is 0 Å². The van der Waals surface area contributed by atoms with Gasteiger partial charge in [-0.1, -0.05) is 0 Å². The molecule has 0 radical (unpaired) electrons. The molecule has 82 valence electrons. The fraction of sp³-hybridized carbons (Fsp3) is 0.286. The van der Waals surface area contributed by atoms with Crippen molar-refractivity contribution in [2.45, 2.75) is 6.18 Å². The van der Waals surface area contributed by atoms with Crippen LogP contribution in [0, 0.1) is 0 Å². The smallest absolute Gasteiger partial charge is 0.422 e. The summed E-state index contributed by atoms with van der Waals surface area (Å²) in [4.78, 5) is 17.9. The number of nitrogens with zero attached hydrogens (tertiary/aromatic N) is 2. The van der Waals surface area contributed by atoms with Gasteiger partial charge in [0.15, 0.2) is 6.61 Å². The molecule has 1 aromatic heterocycles. The molecule has 0 bridgehead atoms. The fourth-order valence-corrected chi connectivity index (χ4v) is 0.653. The van der Waals surface area contributed by atoms with Gasteiger partial charge in [-0.15, -0.1) is 0 Å². The van der Waals surface area contributed by atoms with Crippen molar-refractivity contribution in [3.63, 3.8) is 0 Å². The zero-order chi connectivity index (χ0) is 11.3. The van der Waals surface area contributed by atoms with E-state index in [1.54, 1.807) is 0 Å². The number of alkyl halides is 3. The second-order valence-corrected chi connectivity index (χ2v) is 2.41. The van der Waals surface area contributed by atoms with Crippen molar-refractivity contribution in [1.29, 1.82) is 0 Å². The van der Waals surface area contributed by atoms with E-state index in [1.807, 2.05) is 5.32 Å². The van der Waals surface area contributed by atoms with E-state index in [-0.39, 0.29) is 5.82 Å². The van der Waals surface area contributed by atoms with Gasteiger partial charge in [-0.3, -0.25) is 5.32 Å². The summed E-state index contributed by atoms with van der Waals surface area (Å²) >= 11 is 0. The number of carbonyl (C=O) groups is 1. The Labute approximate surface area is 82.3 Å². The van der Waals surface area contributed by atoms with Gasteiger partial charge >= 0.3 is 12.3 Å². The van der Waals surface area contributed by atoms with Gasteiger partial charge in [0.05, 0.1) is 0 Å². The minimum atomic E-state index is -4.54. The standard InChI is InChI=1S/C7H6F3N3O2/c8-7(9,10)3-15-6(14)13-5-1-2-11-4-12-5/h1-2,4H,3H2,(H,11,12,13,14). The number of nitrogens with one attached hydrogen (secondary N) is 1. The van der Waals surface area contributed by atoms with Gasteiger partial charge in [0.25, 0.3) is 0 Å². The summed E-state index contributed by atoms with van der Waals surface area (Å²) in [6.45, 7) is -1.64. The summed E-state index contributed by atoms with van der Waals surface area (Å²) in [5, 5.41) is 2.00. The third-order valence-corrected chi connectivity index (χ3v) is 1.18. The van der Waals surface area contributed by atoms with Crippen molar-refractivity contribution >= 4 is 11.9 Å². The van der Waals surface area contributed by atoms with E-state index in [0.717, 1.165) is 6.33 Å². The second kappa shape index (κ2) is 4.58. The molecule has 0 atom stereocenters. The van der Waals surface area contributed by atoms with Crippen molar-refractivity contribution in [2.75, 3.05) is 11.9 Å². The maximum atomic E-state index is 11.6. The summed E-state index contributed by atoms with van der Waals surface area (Å²) in [6, 6.07) is 1.31. The molecule has 1 aromatic rings. The molecule has 0 fully saturated rings. The van der Waals surface area contributed by atoms with Crippen LogP contribution in [0.4, 0.5) is 23.8 Å². The lowest BCUT2D eigenvalue weighted by Gasteiger charge is -2.08. The molecule has 1 amide bonds. The Morgan fingerprint density at radius 1 is 1.53 bits per heavy atom. The van der Waals surface area contributed by atoms with E-state index in [1.165, 1.54) is 12.3 Å². The number of aromatic nitrogens is 2. The number of amides is 1. The third kappa shape index (κ3) is 4.79. The van der Waals surface area contributed by atoms with E-state index < -0.39 is 18.9 Å². The Morgan fingerprint density at radius 2 is 2.27 bits per heavy atom. The van der Waals surface area contributed by atoms with E-state index in [4.69, 9.17) is 0 Å². The van der Waals surface area contributed by atoms with Crippen molar-refractivity contribution < 1.29 is 22.7 Å². The quantitative estimate of drug-likeness (QED) is 0.823. The van der Waals surface area contributed by atoms with Gasteiger partial charge < -0.3 is 4.74 Å². The molecule has 5 nitrogen and oxygen atoms in total. The summed E-state index contributed by atoms with van der Waals surface area (Å²) in [5.41, 5.74) is 0. The van der Waals surface area contributed by atoms with Crippen LogP contribution in [0.5, 0.6) is 0 Å². The average molecular weight is 221 g/mol. The Balaban J connectivity index is 2.38. The average Bonchev–Trinajstić information content (AvgIpc) is 2.15. The number of halogens is 3. The normalized spacial score (nSPS) is 10.9. The van der Waals surface area contributed by atoms with Crippen molar-refractivity contribution in [1.82, 2.24) is 9.97 Å². The van der Waals surface area contributed by atoms with E-state index >= 15 is 0 Å². The monoisotopic (exact) mass is 221 g/mol. The van der Waals surface area contributed by atoms with Gasteiger partial charge in [-0.2, -0.15) is 13.2 Å². The molecule has 8 heteroatoms. The lowest BCUT2D eigenvalue weighted by Crippen LogP contribution is -2.23. The minimum Gasteiger partial charge on any atom is -0.440 e. The summed E-state index contributed by atoms with van der Waals surface area (Å²) in [5.74, 6) is 0.0668. The maximum Gasteiger partial charge on any atom is 0.422 e. The zero-order valence-electron chi connectivity index (χ0n) is 7.28. The number of rotatable bonds is 2. The molecular weight excluding hydrogens is 215 g/mol. The Kier molecular flexibility index (Phi) is 3.42. The lowest BCUT2D eigenvalue weighted by molar-refractivity contribution is -0.159. The van der Waals surface area contributed by atoms with Crippen LogP contribution in [0.25, 0.3) is 0 Å². The Hall–Kier alpha value is -1.86. The molecule has 1 N–H and O–H groups in total. The predicted octanol–water partition coefficient (Wildman–Crippen LogP) is 1.59. The first-order chi connectivity index (χ1) is 6.97. The highest BCUT2D eigenvalue weighted by atomic mass is 19.4. The summed E-state index contributed by atoms with van der Waals surface area (Å²) in [6.07, 6.45) is -3.29. The molecule has 0 saturated carbocycles. The van der Waals surface area contributed by atoms with Gasteiger partial charge in [0.2, 0.25) is 0 Å². The lowest BCUT2D eigenvalue weighted by atomic mass is 10.6. The molecule has 15 heavy (non-hydrogen) atoms. The molecule has 0 aliphatic heterocycles. The van der Waals surface area contributed by atoms with Crippen LogP contribution < -0.4 is 5.32 Å². The molecular formula is C7H6F3N3O2. The van der Waals surface area contributed by atoms with Crippen LogP contribution in [0.2, 0.25) is 0 Å². The predicted molar refractivity (Wildman–Crippen MR) is 43.1 cm³/mol.